The van der Waals surface area contributed by atoms with Crippen LogP contribution in [0, 0.1) is 6.92 Å². The van der Waals surface area contributed by atoms with Gasteiger partial charge in [-0.3, -0.25) is 19.9 Å². The van der Waals surface area contributed by atoms with E-state index in [1.165, 1.54) is 11.3 Å². The van der Waals surface area contributed by atoms with Gasteiger partial charge in [0.1, 0.15) is 5.69 Å². The molecule has 0 atom stereocenters. The largest absolute Gasteiger partial charge is 0.481 e. The van der Waals surface area contributed by atoms with Gasteiger partial charge in [-0.1, -0.05) is 6.07 Å². The fraction of sp³-hybridized carbons (Fsp3) is 0.286. The molecule has 0 aliphatic heterocycles. The summed E-state index contributed by atoms with van der Waals surface area (Å²) in [5.74, 6) is -1.11. The number of carboxylic acid groups (broad SMARTS) is 1. The van der Waals surface area contributed by atoms with Crippen molar-refractivity contribution < 1.29 is 14.7 Å². The predicted molar refractivity (Wildman–Crippen MR) is 79.6 cm³/mol. The number of thiazole rings is 1. The topological polar surface area (TPSA) is 92.2 Å². The van der Waals surface area contributed by atoms with Crippen LogP contribution in [0.15, 0.2) is 23.7 Å². The molecule has 0 spiro atoms. The normalized spacial score (nSPS) is 10.3. The standard InChI is InChI=1S/C14H15N3O3S/c1-9-4-3-7-15-12(9)13(20)17-14-16-10(8-21-14)5-2-6-11(18)19/h3-4,7-8H,2,5-6H2,1H3,(H,18,19)(H,16,17,20). The van der Waals surface area contributed by atoms with Crippen molar-refractivity contribution in [2.75, 3.05) is 5.32 Å². The Morgan fingerprint density at radius 3 is 2.95 bits per heavy atom. The van der Waals surface area contributed by atoms with Crippen molar-refractivity contribution in [3.63, 3.8) is 0 Å². The lowest BCUT2D eigenvalue weighted by molar-refractivity contribution is -0.137. The zero-order valence-electron chi connectivity index (χ0n) is 11.5. The van der Waals surface area contributed by atoms with Crippen LogP contribution in [0.1, 0.15) is 34.6 Å². The van der Waals surface area contributed by atoms with Crippen LogP contribution in [0.3, 0.4) is 0 Å². The molecule has 6 nitrogen and oxygen atoms in total. The maximum absolute atomic E-state index is 12.1. The summed E-state index contributed by atoms with van der Waals surface area (Å²) in [5, 5.41) is 13.6. The van der Waals surface area contributed by atoms with E-state index in [9.17, 15) is 9.59 Å². The number of aromatic nitrogens is 2. The molecule has 0 unspecified atom stereocenters. The Morgan fingerprint density at radius 2 is 2.24 bits per heavy atom. The molecule has 0 fully saturated rings. The molecule has 1 amide bonds. The van der Waals surface area contributed by atoms with Crippen molar-refractivity contribution >= 4 is 28.3 Å². The lowest BCUT2D eigenvalue weighted by Gasteiger charge is -2.03. The van der Waals surface area contributed by atoms with E-state index in [-0.39, 0.29) is 12.3 Å². The summed E-state index contributed by atoms with van der Waals surface area (Å²) in [4.78, 5) is 30.8. The fourth-order valence-electron chi connectivity index (χ4n) is 1.78. The number of aliphatic carboxylic acids is 1. The zero-order chi connectivity index (χ0) is 15.2. The molecule has 0 saturated heterocycles. The summed E-state index contributed by atoms with van der Waals surface area (Å²) in [5.41, 5.74) is 1.96. The SMILES string of the molecule is Cc1cccnc1C(=O)Nc1nc(CCCC(=O)O)cs1. The van der Waals surface area contributed by atoms with Crippen molar-refractivity contribution in [1.29, 1.82) is 0 Å². The Labute approximate surface area is 125 Å². The molecule has 21 heavy (non-hydrogen) atoms. The molecule has 0 aliphatic carbocycles. The van der Waals surface area contributed by atoms with Gasteiger partial charge in [0.25, 0.3) is 5.91 Å². The number of rotatable bonds is 6. The molecule has 7 heteroatoms. The van der Waals surface area contributed by atoms with Crippen LogP contribution in [-0.2, 0) is 11.2 Å². The summed E-state index contributed by atoms with van der Waals surface area (Å²) in [6.45, 7) is 1.82. The average molecular weight is 305 g/mol. The van der Waals surface area contributed by atoms with Gasteiger partial charge in [0, 0.05) is 18.0 Å². The van der Waals surface area contributed by atoms with E-state index in [1.54, 1.807) is 12.3 Å². The predicted octanol–water partition coefficient (Wildman–Crippen LogP) is 2.51. The minimum absolute atomic E-state index is 0.117. The van der Waals surface area contributed by atoms with Crippen LogP contribution < -0.4 is 5.32 Å². The zero-order valence-corrected chi connectivity index (χ0v) is 12.3. The number of pyridine rings is 1. The van der Waals surface area contributed by atoms with Crippen molar-refractivity contribution in [1.82, 2.24) is 9.97 Å². The van der Waals surface area contributed by atoms with Crippen LogP contribution in [0.25, 0.3) is 0 Å². The van der Waals surface area contributed by atoms with Crippen LogP contribution in [0.5, 0.6) is 0 Å². The van der Waals surface area contributed by atoms with Gasteiger partial charge in [-0.15, -0.1) is 11.3 Å². The number of nitrogens with one attached hydrogen (secondary N) is 1. The van der Waals surface area contributed by atoms with E-state index in [1.807, 2.05) is 18.4 Å². The van der Waals surface area contributed by atoms with E-state index in [0.29, 0.717) is 23.7 Å². The van der Waals surface area contributed by atoms with Crippen molar-refractivity contribution in [2.45, 2.75) is 26.2 Å². The summed E-state index contributed by atoms with van der Waals surface area (Å²) >= 11 is 1.32. The first-order valence-corrected chi connectivity index (χ1v) is 7.33. The summed E-state index contributed by atoms with van der Waals surface area (Å²) in [6.07, 6.45) is 2.81. The first-order chi connectivity index (χ1) is 10.1. The van der Waals surface area contributed by atoms with Crippen molar-refractivity contribution in [3.8, 4) is 0 Å². The maximum atomic E-state index is 12.1. The third-order valence-corrected chi connectivity index (χ3v) is 3.63. The highest BCUT2D eigenvalue weighted by molar-refractivity contribution is 7.13. The third kappa shape index (κ3) is 4.35. The molecule has 2 aromatic heterocycles. The highest BCUT2D eigenvalue weighted by Gasteiger charge is 2.12. The number of carboxylic acids is 1. The van der Waals surface area contributed by atoms with Crippen LogP contribution in [0.4, 0.5) is 5.13 Å². The molecule has 0 aliphatic rings. The Balaban J connectivity index is 1.95. The molecular weight excluding hydrogens is 290 g/mol. The lowest BCUT2D eigenvalue weighted by Crippen LogP contribution is -2.14. The van der Waals surface area contributed by atoms with Crippen molar-refractivity contribution in [3.05, 3.63) is 40.7 Å². The van der Waals surface area contributed by atoms with Gasteiger partial charge in [-0.05, 0) is 31.4 Å². The smallest absolute Gasteiger partial charge is 0.303 e. The molecule has 0 radical (unpaired) electrons. The van der Waals surface area contributed by atoms with Gasteiger partial charge in [-0.25, -0.2) is 4.98 Å². The van der Waals surface area contributed by atoms with Gasteiger partial charge in [0.2, 0.25) is 0 Å². The van der Waals surface area contributed by atoms with Crippen molar-refractivity contribution in [2.24, 2.45) is 0 Å². The van der Waals surface area contributed by atoms with Gasteiger partial charge >= 0.3 is 5.97 Å². The Morgan fingerprint density at radius 1 is 1.43 bits per heavy atom. The molecule has 0 bridgehead atoms. The number of aryl methyl sites for hydroxylation is 2. The van der Waals surface area contributed by atoms with E-state index < -0.39 is 5.97 Å². The number of amides is 1. The average Bonchev–Trinajstić information content (AvgIpc) is 2.86. The first-order valence-electron chi connectivity index (χ1n) is 6.45. The third-order valence-electron chi connectivity index (χ3n) is 2.82. The monoisotopic (exact) mass is 305 g/mol. The highest BCUT2D eigenvalue weighted by Crippen LogP contribution is 2.18. The molecule has 110 valence electrons. The van der Waals surface area contributed by atoms with E-state index in [4.69, 9.17) is 5.11 Å². The van der Waals surface area contributed by atoms with Gasteiger partial charge < -0.3 is 5.11 Å². The molecular formula is C14H15N3O3S. The van der Waals surface area contributed by atoms with Crippen LogP contribution >= 0.6 is 11.3 Å². The fourth-order valence-corrected chi connectivity index (χ4v) is 2.52. The second kappa shape index (κ2) is 6.94. The molecule has 2 rings (SSSR count). The molecule has 0 aromatic carbocycles. The number of carbonyl (C=O) groups is 2. The van der Waals surface area contributed by atoms with E-state index in [2.05, 4.69) is 15.3 Å². The minimum Gasteiger partial charge on any atom is -0.481 e. The van der Waals surface area contributed by atoms with Crippen LogP contribution in [-0.4, -0.2) is 27.0 Å². The highest BCUT2D eigenvalue weighted by atomic mass is 32.1. The summed E-state index contributed by atoms with van der Waals surface area (Å²) < 4.78 is 0. The second-order valence-corrected chi connectivity index (χ2v) is 5.37. The second-order valence-electron chi connectivity index (χ2n) is 4.51. The Kier molecular flexibility index (Phi) is 4.99. The van der Waals surface area contributed by atoms with Gasteiger partial charge in [-0.2, -0.15) is 0 Å². The molecule has 2 N–H and O–H groups in total. The number of carbonyl (C=O) groups excluding carboxylic acids is 1. The van der Waals surface area contributed by atoms with E-state index in [0.717, 1.165) is 11.3 Å². The Bertz CT molecular complexity index is 654. The lowest BCUT2D eigenvalue weighted by atomic mass is 10.2. The van der Waals surface area contributed by atoms with E-state index >= 15 is 0 Å². The van der Waals surface area contributed by atoms with Gasteiger partial charge in [0.05, 0.1) is 5.69 Å². The first kappa shape index (κ1) is 15.1. The van der Waals surface area contributed by atoms with Crippen LogP contribution in [0.2, 0.25) is 0 Å². The number of hydrogen-bond acceptors (Lipinski definition) is 5. The molecule has 0 saturated carbocycles. The minimum atomic E-state index is -0.815. The molecule has 2 aromatic rings. The summed E-state index contributed by atoms with van der Waals surface area (Å²) in [7, 11) is 0. The maximum Gasteiger partial charge on any atom is 0.303 e. The number of hydrogen-bond donors (Lipinski definition) is 2. The Hall–Kier alpha value is -2.28. The number of nitrogens with zero attached hydrogens (tertiary/aromatic N) is 2. The molecule has 2 heterocycles. The number of anilines is 1. The van der Waals surface area contributed by atoms with Gasteiger partial charge in [0.15, 0.2) is 5.13 Å². The quantitative estimate of drug-likeness (QED) is 0.855. The summed E-state index contributed by atoms with van der Waals surface area (Å²) in [6, 6.07) is 3.59.